The standard InChI is InChI=1S/C7H9N3.C2H6/c8-6-3-1-2-5(4-6)7(9)10;1-2/h1-4H,8H2,(H3,9,10);1-2H3. The maximum atomic E-state index is 7.05. The van der Waals surface area contributed by atoms with Gasteiger partial charge >= 0.3 is 0 Å². The zero-order valence-corrected chi connectivity index (χ0v) is 7.46. The molecule has 1 aromatic carbocycles. The number of hydrogen-bond donors (Lipinski definition) is 3. The largest absolute Gasteiger partial charge is 0.399 e. The number of nitrogen functional groups attached to an aromatic ring is 2. The highest BCUT2D eigenvalue weighted by atomic mass is 14.7. The number of benzene rings is 1. The average molecular weight is 165 g/mol. The number of anilines is 1. The van der Waals surface area contributed by atoms with Crippen molar-refractivity contribution < 1.29 is 0 Å². The highest BCUT2D eigenvalue weighted by molar-refractivity contribution is 5.95. The summed E-state index contributed by atoms with van der Waals surface area (Å²) in [6.45, 7) is 4.00. The Kier molecular flexibility index (Phi) is 4.53. The summed E-state index contributed by atoms with van der Waals surface area (Å²) in [5.41, 5.74) is 12.0. The van der Waals surface area contributed by atoms with E-state index in [1.165, 1.54) is 0 Å². The van der Waals surface area contributed by atoms with Gasteiger partial charge in [-0.1, -0.05) is 26.0 Å². The van der Waals surface area contributed by atoms with Crippen molar-refractivity contribution in [3.8, 4) is 0 Å². The Hall–Kier alpha value is -1.51. The summed E-state index contributed by atoms with van der Waals surface area (Å²) in [6, 6.07) is 6.94. The first-order valence-corrected chi connectivity index (χ1v) is 3.90. The van der Waals surface area contributed by atoms with Crippen molar-refractivity contribution in [1.29, 1.82) is 5.41 Å². The molecule has 0 aromatic heterocycles. The van der Waals surface area contributed by atoms with Crippen LogP contribution in [0, 0.1) is 5.41 Å². The molecule has 0 saturated heterocycles. The van der Waals surface area contributed by atoms with E-state index in [-0.39, 0.29) is 5.84 Å². The Balaban J connectivity index is 0.000000561. The van der Waals surface area contributed by atoms with Gasteiger partial charge in [0, 0.05) is 11.3 Å². The molecule has 66 valence electrons. The van der Waals surface area contributed by atoms with Gasteiger partial charge in [-0.2, -0.15) is 0 Å². The van der Waals surface area contributed by atoms with Crippen LogP contribution in [-0.2, 0) is 0 Å². The molecule has 0 bridgehead atoms. The van der Waals surface area contributed by atoms with Crippen LogP contribution in [0.3, 0.4) is 0 Å². The van der Waals surface area contributed by atoms with Crippen molar-refractivity contribution in [3.63, 3.8) is 0 Å². The molecule has 5 N–H and O–H groups in total. The van der Waals surface area contributed by atoms with E-state index in [1.54, 1.807) is 24.3 Å². The van der Waals surface area contributed by atoms with Gasteiger partial charge in [0.25, 0.3) is 0 Å². The van der Waals surface area contributed by atoms with E-state index in [1.807, 2.05) is 13.8 Å². The lowest BCUT2D eigenvalue weighted by Gasteiger charge is -1.97. The van der Waals surface area contributed by atoms with Gasteiger partial charge in [0.2, 0.25) is 0 Å². The van der Waals surface area contributed by atoms with E-state index in [0.29, 0.717) is 11.3 Å². The molecule has 1 aromatic rings. The molecule has 3 nitrogen and oxygen atoms in total. The molecule has 0 fully saturated rings. The van der Waals surface area contributed by atoms with E-state index >= 15 is 0 Å². The normalized spacial score (nSPS) is 8.17. The van der Waals surface area contributed by atoms with Crippen LogP contribution in [-0.4, -0.2) is 5.84 Å². The predicted octanol–water partition coefficient (Wildman–Crippen LogP) is 1.58. The number of hydrogen-bond acceptors (Lipinski definition) is 2. The second-order valence-corrected chi connectivity index (χ2v) is 2.04. The highest BCUT2D eigenvalue weighted by Gasteiger charge is 1.93. The van der Waals surface area contributed by atoms with Crippen molar-refractivity contribution in [2.45, 2.75) is 13.8 Å². The molecule has 0 unspecified atom stereocenters. The Morgan fingerprint density at radius 2 is 1.92 bits per heavy atom. The van der Waals surface area contributed by atoms with Crippen molar-refractivity contribution in [2.24, 2.45) is 5.73 Å². The smallest absolute Gasteiger partial charge is 0.122 e. The molecule has 0 amide bonds. The maximum Gasteiger partial charge on any atom is 0.122 e. The zero-order chi connectivity index (χ0) is 9.56. The molecule has 0 radical (unpaired) electrons. The summed E-state index contributed by atoms with van der Waals surface area (Å²) >= 11 is 0. The fourth-order valence-electron chi connectivity index (χ4n) is 0.706. The number of nitrogens with one attached hydrogen (secondary N) is 1. The molecule has 0 heterocycles. The molecule has 1 rings (SSSR count). The van der Waals surface area contributed by atoms with Crippen LogP contribution in [0.2, 0.25) is 0 Å². The van der Waals surface area contributed by atoms with E-state index in [2.05, 4.69) is 0 Å². The monoisotopic (exact) mass is 165 g/mol. The number of rotatable bonds is 1. The Labute approximate surface area is 72.9 Å². The van der Waals surface area contributed by atoms with Crippen LogP contribution >= 0.6 is 0 Å². The fraction of sp³-hybridized carbons (Fsp3) is 0.222. The molecule has 0 aliphatic heterocycles. The van der Waals surface area contributed by atoms with Crippen molar-refractivity contribution in [1.82, 2.24) is 0 Å². The summed E-state index contributed by atoms with van der Waals surface area (Å²) < 4.78 is 0. The first-order chi connectivity index (χ1) is 5.70. The van der Waals surface area contributed by atoms with E-state index in [0.717, 1.165) is 0 Å². The minimum absolute atomic E-state index is 0.0484. The van der Waals surface area contributed by atoms with Crippen LogP contribution in [0.5, 0.6) is 0 Å². The first kappa shape index (κ1) is 10.5. The highest BCUT2D eigenvalue weighted by Crippen LogP contribution is 2.04. The summed E-state index contributed by atoms with van der Waals surface area (Å²) in [5, 5.41) is 7.05. The van der Waals surface area contributed by atoms with Gasteiger partial charge in [0.1, 0.15) is 5.84 Å². The van der Waals surface area contributed by atoms with E-state index < -0.39 is 0 Å². The lowest BCUT2D eigenvalue weighted by molar-refractivity contribution is 1.42. The van der Waals surface area contributed by atoms with Crippen molar-refractivity contribution in [2.75, 3.05) is 5.73 Å². The summed E-state index contributed by atoms with van der Waals surface area (Å²) in [7, 11) is 0. The van der Waals surface area contributed by atoms with Crippen LogP contribution in [0.1, 0.15) is 19.4 Å². The molecule has 0 saturated carbocycles. The van der Waals surface area contributed by atoms with E-state index in [4.69, 9.17) is 16.9 Å². The first-order valence-electron chi connectivity index (χ1n) is 3.90. The SMILES string of the molecule is CC.N=C(N)c1cccc(N)c1. The second-order valence-electron chi connectivity index (χ2n) is 2.04. The molecule has 0 atom stereocenters. The maximum absolute atomic E-state index is 7.05. The molecule has 0 aliphatic carbocycles. The second kappa shape index (κ2) is 5.18. The summed E-state index contributed by atoms with van der Waals surface area (Å²) in [4.78, 5) is 0. The molecular weight excluding hydrogens is 150 g/mol. The third-order valence-electron chi connectivity index (χ3n) is 1.20. The van der Waals surface area contributed by atoms with Gasteiger partial charge in [-0.15, -0.1) is 0 Å². The topological polar surface area (TPSA) is 75.9 Å². The summed E-state index contributed by atoms with van der Waals surface area (Å²) in [5.74, 6) is 0.0484. The quantitative estimate of drug-likeness (QED) is 0.335. The third-order valence-corrected chi connectivity index (χ3v) is 1.20. The van der Waals surface area contributed by atoms with E-state index in [9.17, 15) is 0 Å². The van der Waals surface area contributed by atoms with Gasteiger partial charge < -0.3 is 11.5 Å². The summed E-state index contributed by atoms with van der Waals surface area (Å²) in [6.07, 6.45) is 0. The predicted molar refractivity (Wildman–Crippen MR) is 53.2 cm³/mol. The number of nitrogens with two attached hydrogens (primary N) is 2. The van der Waals surface area contributed by atoms with Crippen molar-refractivity contribution in [3.05, 3.63) is 29.8 Å². The lowest BCUT2D eigenvalue weighted by atomic mass is 10.2. The third kappa shape index (κ3) is 3.05. The van der Waals surface area contributed by atoms with Gasteiger partial charge in [0.15, 0.2) is 0 Å². The minimum Gasteiger partial charge on any atom is -0.399 e. The average Bonchev–Trinajstić information content (AvgIpc) is 2.08. The van der Waals surface area contributed by atoms with Crippen LogP contribution in [0.25, 0.3) is 0 Å². The molecule has 3 heteroatoms. The molecule has 12 heavy (non-hydrogen) atoms. The van der Waals surface area contributed by atoms with Crippen LogP contribution in [0.4, 0.5) is 5.69 Å². The Morgan fingerprint density at radius 3 is 2.25 bits per heavy atom. The van der Waals surface area contributed by atoms with Gasteiger partial charge in [-0.25, -0.2) is 0 Å². The zero-order valence-electron chi connectivity index (χ0n) is 7.46. The van der Waals surface area contributed by atoms with Crippen LogP contribution < -0.4 is 11.5 Å². The van der Waals surface area contributed by atoms with Crippen LogP contribution in [0.15, 0.2) is 24.3 Å². The van der Waals surface area contributed by atoms with Gasteiger partial charge in [-0.05, 0) is 12.1 Å². The molecular formula is C9H15N3. The van der Waals surface area contributed by atoms with Gasteiger partial charge in [0.05, 0.1) is 0 Å². The van der Waals surface area contributed by atoms with Crippen molar-refractivity contribution >= 4 is 11.5 Å². The molecule has 0 spiro atoms. The number of amidine groups is 1. The molecule has 0 aliphatic rings. The lowest BCUT2D eigenvalue weighted by Crippen LogP contribution is -2.10. The Bertz CT molecular complexity index is 256. The fourth-order valence-corrected chi connectivity index (χ4v) is 0.706. The van der Waals surface area contributed by atoms with Gasteiger partial charge in [-0.3, -0.25) is 5.41 Å². The Morgan fingerprint density at radius 1 is 1.33 bits per heavy atom. The minimum atomic E-state index is 0.0484.